The minimum atomic E-state index is -0.743. The van der Waals surface area contributed by atoms with E-state index < -0.39 is 11.6 Å². The van der Waals surface area contributed by atoms with Crippen molar-refractivity contribution >= 4 is 23.5 Å². The van der Waals surface area contributed by atoms with Crippen LogP contribution in [0.1, 0.15) is 5.56 Å². The van der Waals surface area contributed by atoms with E-state index in [1.165, 1.54) is 29.0 Å². The van der Waals surface area contributed by atoms with Crippen LogP contribution < -0.4 is 9.75 Å². The summed E-state index contributed by atoms with van der Waals surface area (Å²) >= 11 is 1.39. The van der Waals surface area contributed by atoms with Crippen LogP contribution in [0.4, 0.5) is 14.6 Å². The van der Waals surface area contributed by atoms with Crippen LogP contribution in [0.2, 0.25) is 0 Å². The van der Waals surface area contributed by atoms with Gasteiger partial charge >= 0.3 is 0 Å². The van der Waals surface area contributed by atoms with E-state index in [0.717, 1.165) is 12.1 Å². The largest absolute Gasteiger partial charge is 0.431 e. The maximum atomic E-state index is 13.8. The highest BCUT2D eigenvalue weighted by Gasteiger charge is 2.24. The third-order valence-corrected chi connectivity index (χ3v) is 3.37. The Bertz CT molecular complexity index is 738. The second-order valence-corrected chi connectivity index (χ2v) is 4.97. The molecule has 0 aliphatic carbocycles. The molecule has 0 N–H and O–H groups in total. The van der Waals surface area contributed by atoms with Crippen LogP contribution in [-0.4, -0.2) is 29.2 Å². The number of hydrogen-bond acceptors (Lipinski definition) is 6. The molecule has 2 heterocycles. The van der Waals surface area contributed by atoms with Crippen molar-refractivity contribution in [3.8, 4) is 5.75 Å². The molecule has 1 aliphatic rings. The van der Waals surface area contributed by atoms with E-state index in [1.54, 1.807) is 7.05 Å². The Kier molecular flexibility index (Phi) is 3.46. The number of thioether (sulfide) groups is 1. The van der Waals surface area contributed by atoms with E-state index in [4.69, 9.17) is 4.74 Å². The first-order valence-corrected chi connectivity index (χ1v) is 7.17. The maximum absolute atomic E-state index is 13.8. The molecule has 0 bridgehead atoms. The highest BCUT2D eigenvalue weighted by Crippen LogP contribution is 2.31. The number of anilines is 1. The van der Waals surface area contributed by atoms with Crippen molar-refractivity contribution in [2.24, 2.45) is 5.10 Å². The molecule has 0 fully saturated rings. The molecule has 1 aromatic heterocycles. The molecule has 0 spiro atoms. The summed E-state index contributed by atoms with van der Waals surface area (Å²) in [5.41, 5.74) is 0.0721. The molecule has 0 saturated carbocycles. The number of nitrogens with zero attached hydrogens (tertiary/aromatic N) is 4. The van der Waals surface area contributed by atoms with Gasteiger partial charge in [0, 0.05) is 13.1 Å². The standard InChI is InChI=1S/C13H10F2N4OS/c1-19-11-10(6-16-13(17-11)21-2)20-12(18-19)8-4-3-7(14)5-9(8)15/h3-6H,1-2H3. The lowest BCUT2D eigenvalue weighted by Gasteiger charge is -2.23. The Labute approximate surface area is 123 Å². The number of hydrogen-bond donors (Lipinski definition) is 0. The lowest BCUT2D eigenvalue weighted by atomic mass is 10.2. The number of ether oxygens (including phenoxy) is 1. The third-order valence-electron chi connectivity index (χ3n) is 2.81. The minimum absolute atomic E-state index is 0.0306. The van der Waals surface area contributed by atoms with Crippen molar-refractivity contribution in [3.05, 3.63) is 41.6 Å². The van der Waals surface area contributed by atoms with Gasteiger partial charge in [0.05, 0.1) is 11.8 Å². The Morgan fingerprint density at radius 3 is 2.81 bits per heavy atom. The van der Waals surface area contributed by atoms with E-state index in [0.29, 0.717) is 16.7 Å². The summed E-state index contributed by atoms with van der Waals surface area (Å²) in [7, 11) is 1.67. The summed E-state index contributed by atoms with van der Waals surface area (Å²) in [4.78, 5) is 8.37. The fraction of sp³-hybridized carbons (Fsp3) is 0.154. The summed E-state index contributed by atoms with van der Waals surface area (Å²) < 4.78 is 32.3. The zero-order chi connectivity index (χ0) is 15.0. The van der Waals surface area contributed by atoms with Gasteiger partial charge in [-0.2, -0.15) is 4.98 Å². The normalized spacial score (nSPS) is 13.5. The summed E-state index contributed by atoms with van der Waals surface area (Å²) in [5.74, 6) is -0.519. The summed E-state index contributed by atoms with van der Waals surface area (Å²) in [6.45, 7) is 0. The number of halogens is 2. The van der Waals surface area contributed by atoms with E-state index in [-0.39, 0.29) is 11.5 Å². The van der Waals surface area contributed by atoms with Crippen molar-refractivity contribution < 1.29 is 13.5 Å². The topological polar surface area (TPSA) is 50.6 Å². The van der Waals surface area contributed by atoms with Crippen molar-refractivity contribution in [2.75, 3.05) is 18.3 Å². The quantitative estimate of drug-likeness (QED) is 0.630. The second-order valence-electron chi connectivity index (χ2n) is 4.20. The molecule has 0 amide bonds. The molecular formula is C13H10F2N4OS. The zero-order valence-corrected chi connectivity index (χ0v) is 12.0. The van der Waals surface area contributed by atoms with Crippen LogP contribution in [0.5, 0.6) is 5.75 Å². The summed E-state index contributed by atoms with van der Waals surface area (Å²) in [6, 6.07) is 3.20. The highest BCUT2D eigenvalue weighted by molar-refractivity contribution is 7.98. The SMILES string of the molecule is CSc1ncc2c(n1)N(C)N=C(c1ccc(F)cc1F)O2. The molecule has 0 radical (unpaired) electrons. The molecule has 2 aromatic rings. The number of benzene rings is 1. The van der Waals surface area contributed by atoms with E-state index >= 15 is 0 Å². The van der Waals surface area contributed by atoms with Gasteiger partial charge in [-0.15, -0.1) is 5.10 Å². The Balaban J connectivity index is 2.01. The van der Waals surface area contributed by atoms with Crippen molar-refractivity contribution in [2.45, 2.75) is 5.16 Å². The number of rotatable bonds is 2. The van der Waals surface area contributed by atoms with Crippen LogP contribution in [0.25, 0.3) is 0 Å². The molecule has 1 aromatic carbocycles. The molecule has 8 heteroatoms. The Morgan fingerprint density at radius 2 is 2.10 bits per heavy atom. The monoisotopic (exact) mass is 308 g/mol. The van der Waals surface area contributed by atoms with Gasteiger partial charge in [-0.3, -0.25) is 0 Å². The number of hydrazone groups is 1. The highest BCUT2D eigenvalue weighted by atomic mass is 32.2. The predicted molar refractivity (Wildman–Crippen MR) is 75.7 cm³/mol. The van der Waals surface area contributed by atoms with Crippen LogP contribution >= 0.6 is 11.8 Å². The first kappa shape index (κ1) is 13.7. The molecule has 108 valence electrons. The molecule has 0 unspecified atom stereocenters. The van der Waals surface area contributed by atoms with Gasteiger partial charge in [0.1, 0.15) is 11.6 Å². The lowest BCUT2D eigenvalue weighted by molar-refractivity contribution is 0.512. The van der Waals surface area contributed by atoms with Gasteiger partial charge in [0.2, 0.25) is 5.90 Å². The van der Waals surface area contributed by atoms with Gasteiger partial charge in [-0.05, 0) is 18.4 Å². The van der Waals surface area contributed by atoms with Crippen LogP contribution in [0, 0.1) is 11.6 Å². The zero-order valence-electron chi connectivity index (χ0n) is 11.2. The average Bonchev–Trinajstić information content (AvgIpc) is 2.47. The summed E-state index contributed by atoms with van der Waals surface area (Å²) in [6.07, 6.45) is 3.36. The smallest absolute Gasteiger partial charge is 0.247 e. The van der Waals surface area contributed by atoms with Crippen LogP contribution in [-0.2, 0) is 0 Å². The molecule has 21 heavy (non-hydrogen) atoms. The second kappa shape index (κ2) is 5.28. The molecule has 5 nitrogen and oxygen atoms in total. The minimum Gasteiger partial charge on any atom is -0.431 e. The first-order valence-electron chi connectivity index (χ1n) is 5.95. The van der Waals surface area contributed by atoms with E-state index in [9.17, 15) is 8.78 Å². The summed E-state index contributed by atoms with van der Waals surface area (Å²) in [5, 5.41) is 6.18. The third kappa shape index (κ3) is 2.54. The molecular weight excluding hydrogens is 298 g/mol. The van der Waals surface area contributed by atoms with Crippen molar-refractivity contribution in [1.29, 1.82) is 0 Å². The number of fused-ring (bicyclic) bond motifs is 1. The van der Waals surface area contributed by atoms with E-state index in [2.05, 4.69) is 15.1 Å². The Hall–Kier alpha value is -2.22. The van der Waals surface area contributed by atoms with Gasteiger partial charge in [-0.1, -0.05) is 11.8 Å². The fourth-order valence-corrected chi connectivity index (χ4v) is 2.16. The predicted octanol–water partition coefficient (Wildman–Crippen LogP) is 2.67. The molecule has 3 rings (SSSR count). The Morgan fingerprint density at radius 1 is 1.29 bits per heavy atom. The van der Waals surface area contributed by atoms with Crippen LogP contribution in [0.15, 0.2) is 34.7 Å². The van der Waals surface area contributed by atoms with Crippen molar-refractivity contribution in [3.63, 3.8) is 0 Å². The lowest BCUT2D eigenvalue weighted by Crippen LogP contribution is -2.26. The maximum Gasteiger partial charge on any atom is 0.247 e. The molecule has 0 atom stereocenters. The molecule has 0 saturated heterocycles. The van der Waals surface area contributed by atoms with Gasteiger partial charge in [-0.25, -0.2) is 18.8 Å². The van der Waals surface area contributed by atoms with Crippen LogP contribution in [0.3, 0.4) is 0 Å². The molecule has 1 aliphatic heterocycles. The van der Waals surface area contributed by atoms with Gasteiger partial charge in [0.25, 0.3) is 0 Å². The average molecular weight is 308 g/mol. The van der Waals surface area contributed by atoms with Gasteiger partial charge < -0.3 is 4.74 Å². The fourth-order valence-electron chi connectivity index (χ4n) is 1.83. The van der Waals surface area contributed by atoms with Crippen molar-refractivity contribution in [1.82, 2.24) is 9.97 Å². The number of aromatic nitrogens is 2. The van der Waals surface area contributed by atoms with E-state index in [1.807, 2.05) is 6.26 Å². The van der Waals surface area contributed by atoms with Gasteiger partial charge in [0.15, 0.2) is 16.7 Å². The first-order chi connectivity index (χ1) is 10.1.